The number of thiophene rings is 1. The summed E-state index contributed by atoms with van der Waals surface area (Å²) in [6, 6.07) is 2.04. The smallest absolute Gasteiger partial charge is 0.265 e. The van der Waals surface area contributed by atoms with Crippen molar-refractivity contribution in [3.8, 4) is 0 Å². The molecule has 0 bridgehead atoms. The van der Waals surface area contributed by atoms with Crippen LogP contribution in [-0.4, -0.2) is 34.7 Å². The number of carbonyl (C=O) groups is 1. The van der Waals surface area contributed by atoms with E-state index in [0.717, 1.165) is 42.7 Å². The van der Waals surface area contributed by atoms with E-state index in [0.29, 0.717) is 24.3 Å². The second-order valence-electron chi connectivity index (χ2n) is 6.47. The summed E-state index contributed by atoms with van der Waals surface area (Å²) in [5.41, 5.74) is 0.707. The van der Waals surface area contributed by atoms with Gasteiger partial charge in [-0.2, -0.15) is 0 Å². The predicted octanol–water partition coefficient (Wildman–Crippen LogP) is 2.99. The van der Waals surface area contributed by atoms with Crippen LogP contribution in [0.1, 0.15) is 53.2 Å². The average molecular weight is 347 g/mol. The van der Waals surface area contributed by atoms with Gasteiger partial charge in [-0.1, -0.05) is 6.92 Å². The van der Waals surface area contributed by atoms with Gasteiger partial charge in [0.2, 0.25) is 11.8 Å². The zero-order valence-electron chi connectivity index (χ0n) is 13.9. The average Bonchev–Trinajstić information content (AvgIpc) is 3.26. The Hall–Kier alpha value is -1.73. The number of aryl methyl sites for hydroxylation is 1. The minimum absolute atomic E-state index is 0.107. The Morgan fingerprint density at radius 3 is 3.08 bits per heavy atom. The Balaban J connectivity index is 1.69. The molecule has 4 rings (SSSR count). The third kappa shape index (κ3) is 2.14. The van der Waals surface area contributed by atoms with Gasteiger partial charge in [-0.15, -0.1) is 21.5 Å². The minimum atomic E-state index is -0.412. The number of hydrogen-bond donors (Lipinski definition) is 0. The lowest BCUT2D eigenvalue weighted by Crippen LogP contribution is -2.53. The van der Waals surface area contributed by atoms with Crippen molar-refractivity contribution in [3.63, 3.8) is 0 Å². The molecule has 2 fully saturated rings. The van der Waals surface area contributed by atoms with Gasteiger partial charge >= 0.3 is 0 Å². The molecule has 0 spiro atoms. The van der Waals surface area contributed by atoms with Gasteiger partial charge in [-0.3, -0.25) is 4.79 Å². The van der Waals surface area contributed by atoms with Gasteiger partial charge in [0, 0.05) is 13.7 Å². The molecule has 1 aliphatic carbocycles. The fraction of sp³-hybridized carbons (Fsp3) is 0.588. The van der Waals surface area contributed by atoms with Crippen molar-refractivity contribution in [1.82, 2.24) is 15.1 Å². The Labute approximate surface area is 144 Å². The fourth-order valence-corrected chi connectivity index (χ4v) is 5.00. The number of hydrogen-bond acceptors (Lipinski definition) is 6. The summed E-state index contributed by atoms with van der Waals surface area (Å²) < 4.78 is 10.9. The summed E-state index contributed by atoms with van der Waals surface area (Å²) in [5, 5.41) is 10.3. The van der Waals surface area contributed by atoms with E-state index in [1.807, 2.05) is 16.3 Å². The second-order valence-corrected chi connectivity index (χ2v) is 7.38. The summed E-state index contributed by atoms with van der Waals surface area (Å²) in [7, 11) is 1.60. The highest BCUT2D eigenvalue weighted by atomic mass is 32.1. The first-order valence-electron chi connectivity index (χ1n) is 8.40. The van der Waals surface area contributed by atoms with Crippen LogP contribution < -0.4 is 0 Å². The molecule has 2 aliphatic rings. The SMILES string of the molecule is CCc1ccsc1C(=O)N1CC[C@@H]2CC[C@@]21c1nnc(COC)o1. The van der Waals surface area contributed by atoms with E-state index in [4.69, 9.17) is 9.15 Å². The monoisotopic (exact) mass is 347 g/mol. The van der Waals surface area contributed by atoms with Crippen LogP contribution in [0.4, 0.5) is 0 Å². The van der Waals surface area contributed by atoms with Gasteiger partial charge in [-0.25, -0.2) is 0 Å². The molecule has 1 aliphatic heterocycles. The van der Waals surface area contributed by atoms with Gasteiger partial charge < -0.3 is 14.1 Å². The fourth-order valence-electron chi connectivity index (χ4n) is 4.06. The zero-order valence-corrected chi connectivity index (χ0v) is 14.8. The molecule has 2 aromatic heterocycles. The molecule has 1 amide bonds. The third-order valence-corrected chi connectivity index (χ3v) is 6.35. The molecule has 0 N–H and O–H groups in total. The van der Waals surface area contributed by atoms with E-state index in [9.17, 15) is 4.79 Å². The number of nitrogens with zero attached hydrogens (tertiary/aromatic N) is 3. The van der Waals surface area contributed by atoms with E-state index in [1.54, 1.807) is 7.11 Å². The van der Waals surface area contributed by atoms with Gasteiger partial charge in [0.1, 0.15) is 12.1 Å². The molecule has 2 aromatic rings. The molecule has 0 aromatic carbocycles. The normalized spacial score (nSPS) is 25.6. The number of ether oxygens (including phenoxy) is 1. The molecule has 0 radical (unpaired) electrons. The minimum Gasteiger partial charge on any atom is -0.420 e. The summed E-state index contributed by atoms with van der Waals surface area (Å²) >= 11 is 1.53. The lowest BCUT2D eigenvalue weighted by molar-refractivity contribution is -0.00435. The Bertz CT molecular complexity index is 756. The van der Waals surface area contributed by atoms with E-state index in [-0.39, 0.29) is 5.91 Å². The van der Waals surface area contributed by atoms with E-state index in [2.05, 4.69) is 17.1 Å². The van der Waals surface area contributed by atoms with E-state index in [1.165, 1.54) is 11.3 Å². The van der Waals surface area contributed by atoms with Crippen molar-refractivity contribution in [2.75, 3.05) is 13.7 Å². The molecule has 3 heterocycles. The topological polar surface area (TPSA) is 68.5 Å². The summed E-state index contributed by atoms with van der Waals surface area (Å²) in [4.78, 5) is 16.0. The van der Waals surface area contributed by atoms with Crippen molar-refractivity contribution >= 4 is 17.2 Å². The highest BCUT2D eigenvalue weighted by molar-refractivity contribution is 7.12. The van der Waals surface area contributed by atoms with Crippen LogP contribution >= 0.6 is 11.3 Å². The van der Waals surface area contributed by atoms with Crippen LogP contribution in [0.25, 0.3) is 0 Å². The molecular weight excluding hydrogens is 326 g/mol. The summed E-state index contributed by atoms with van der Waals surface area (Å²) in [5.74, 6) is 1.57. The number of fused-ring (bicyclic) bond motifs is 1. The third-order valence-electron chi connectivity index (χ3n) is 5.40. The second kappa shape index (κ2) is 5.97. The maximum Gasteiger partial charge on any atom is 0.265 e. The van der Waals surface area contributed by atoms with Crippen molar-refractivity contribution in [3.05, 3.63) is 33.7 Å². The van der Waals surface area contributed by atoms with Crippen LogP contribution in [0.5, 0.6) is 0 Å². The standard InChI is InChI=1S/C17H21N3O3S/c1-3-11-6-9-24-14(11)15(21)20-8-5-12-4-7-17(12,20)16-19-18-13(23-16)10-22-2/h6,9,12H,3-5,7-8,10H2,1-2H3/t12-,17-/m0/s1. The molecular formula is C17H21N3O3S. The predicted molar refractivity (Wildman–Crippen MR) is 88.8 cm³/mol. The summed E-state index contributed by atoms with van der Waals surface area (Å²) in [6.45, 7) is 3.14. The maximum absolute atomic E-state index is 13.2. The van der Waals surface area contributed by atoms with Gasteiger partial charge in [0.05, 0.1) is 4.88 Å². The Kier molecular flexibility index (Phi) is 3.92. The first kappa shape index (κ1) is 15.8. The highest BCUT2D eigenvalue weighted by Gasteiger charge is 2.61. The van der Waals surface area contributed by atoms with Crippen LogP contribution in [0.3, 0.4) is 0 Å². The Morgan fingerprint density at radius 1 is 1.50 bits per heavy atom. The van der Waals surface area contributed by atoms with Gasteiger partial charge in [0.25, 0.3) is 5.91 Å². The number of aromatic nitrogens is 2. The lowest BCUT2D eigenvalue weighted by Gasteiger charge is -2.47. The van der Waals surface area contributed by atoms with Crippen LogP contribution in [0.2, 0.25) is 0 Å². The molecule has 2 atom stereocenters. The molecule has 24 heavy (non-hydrogen) atoms. The number of rotatable bonds is 5. The number of likely N-dealkylation sites (tertiary alicyclic amines) is 1. The van der Waals surface area contributed by atoms with Crippen molar-refractivity contribution < 1.29 is 13.9 Å². The Morgan fingerprint density at radius 2 is 2.38 bits per heavy atom. The van der Waals surface area contributed by atoms with Crippen LogP contribution in [0.15, 0.2) is 15.9 Å². The lowest BCUT2D eigenvalue weighted by atomic mass is 9.67. The zero-order chi connectivity index (χ0) is 16.7. The largest absolute Gasteiger partial charge is 0.420 e. The number of methoxy groups -OCH3 is 1. The first-order valence-corrected chi connectivity index (χ1v) is 9.28. The molecule has 128 valence electrons. The molecule has 1 saturated heterocycles. The number of amides is 1. The van der Waals surface area contributed by atoms with E-state index >= 15 is 0 Å². The maximum atomic E-state index is 13.2. The number of carbonyl (C=O) groups excluding carboxylic acids is 1. The van der Waals surface area contributed by atoms with Gasteiger partial charge in [0.15, 0.2) is 0 Å². The van der Waals surface area contributed by atoms with Crippen molar-refractivity contribution in [1.29, 1.82) is 0 Å². The van der Waals surface area contributed by atoms with Gasteiger partial charge in [-0.05, 0) is 48.6 Å². The quantitative estimate of drug-likeness (QED) is 0.832. The molecule has 1 saturated carbocycles. The molecule has 7 heteroatoms. The first-order chi connectivity index (χ1) is 11.7. The highest BCUT2D eigenvalue weighted by Crippen LogP contribution is 2.57. The van der Waals surface area contributed by atoms with Crippen molar-refractivity contribution in [2.45, 2.75) is 44.8 Å². The van der Waals surface area contributed by atoms with Crippen LogP contribution in [0, 0.1) is 5.92 Å². The summed E-state index contributed by atoms with van der Waals surface area (Å²) in [6.07, 6.45) is 3.87. The molecule has 6 nitrogen and oxygen atoms in total. The van der Waals surface area contributed by atoms with Crippen LogP contribution in [-0.2, 0) is 23.3 Å². The van der Waals surface area contributed by atoms with Crippen molar-refractivity contribution in [2.24, 2.45) is 5.92 Å². The molecule has 0 unspecified atom stereocenters. The van der Waals surface area contributed by atoms with E-state index < -0.39 is 5.54 Å².